The molecule has 36 heavy (non-hydrogen) atoms. The summed E-state index contributed by atoms with van der Waals surface area (Å²) < 4.78 is 32.7. The number of nitrogens with one attached hydrogen (secondary N) is 1. The minimum atomic E-state index is -4.69. The first-order chi connectivity index (χ1) is 17.4. The van der Waals surface area contributed by atoms with Gasteiger partial charge in [-0.25, -0.2) is 0 Å². The number of allylic oxidation sites excluding steroid dienone is 1. The molecule has 2 N–H and O–H groups in total. The normalized spacial score (nSPS) is 11.6. The zero-order valence-electron chi connectivity index (χ0n) is 19.3. The monoisotopic (exact) mass is 519 g/mol. The van der Waals surface area contributed by atoms with E-state index in [1.807, 2.05) is 42.6 Å². The van der Waals surface area contributed by atoms with Gasteiger partial charge in [-0.2, -0.15) is 19.2 Å². The van der Waals surface area contributed by atoms with Gasteiger partial charge in [0.15, 0.2) is 7.26 Å². The lowest BCUT2D eigenvalue weighted by atomic mass is 10.2. The molecule has 0 heterocycles. The van der Waals surface area contributed by atoms with Gasteiger partial charge in [-0.05, 0) is 42.0 Å². The van der Waals surface area contributed by atoms with Crippen LogP contribution in [-0.2, 0) is 6.54 Å². The number of benzene rings is 4. The summed E-state index contributed by atoms with van der Waals surface area (Å²) in [5.74, 6) is 0. The lowest BCUT2D eigenvalue weighted by molar-refractivity contribution is -1.92. The molecule has 0 aromatic heterocycles. The number of hydrogen-bond donors (Lipinski definition) is 2. The quantitative estimate of drug-likeness (QED) is 0.277. The van der Waals surface area contributed by atoms with Crippen LogP contribution in [0.25, 0.3) is 0 Å². The molecule has 6 nitrogen and oxygen atoms in total. The fourth-order valence-corrected chi connectivity index (χ4v) is 7.91. The molecule has 0 aliphatic rings. The maximum atomic E-state index is 10.4. The van der Waals surface area contributed by atoms with Crippen molar-refractivity contribution < 1.29 is 28.9 Å². The summed E-state index contributed by atoms with van der Waals surface area (Å²) in [6.45, 7) is 0.671. The van der Waals surface area contributed by atoms with Gasteiger partial charge in [0.05, 0.1) is 21.1 Å². The predicted molar refractivity (Wildman–Crippen MR) is 134 cm³/mol. The van der Waals surface area contributed by atoms with Crippen molar-refractivity contribution >= 4 is 23.2 Å². The van der Waals surface area contributed by atoms with Gasteiger partial charge in [0, 0.05) is 6.54 Å². The number of nitriles is 1. The van der Waals surface area contributed by atoms with E-state index in [1.165, 1.54) is 21.5 Å². The molecule has 0 bridgehead atoms. The SMILES string of the molecule is N#CC(=CNCc1ccccc1)[P+](c1ccccc1)(c1ccccc1)c1ccccc1.[O-][Cl+3]([O-])([O-])O. The Morgan fingerprint density at radius 2 is 1.06 bits per heavy atom. The second kappa shape index (κ2) is 13.0. The van der Waals surface area contributed by atoms with Gasteiger partial charge in [-0.3, -0.25) is 0 Å². The second-order valence-electron chi connectivity index (χ2n) is 7.58. The molecule has 8 heteroatoms. The molecule has 4 aromatic carbocycles. The predicted octanol–water partition coefficient (Wildman–Crippen LogP) is 1.01. The van der Waals surface area contributed by atoms with Crippen molar-refractivity contribution in [2.45, 2.75) is 6.54 Å². The minimum Gasteiger partial charge on any atom is -0.383 e. The largest absolute Gasteiger partial charge is 0.383 e. The smallest absolute Gasteiger partial charge is 0.201 e. The van der Waals surface area contributed by atoms with Crippen molar-refractivity contribution in [1.82, 2.24) is 5.32 Å². The Labute approximate surface area is 213 Å². The van der Waals surface area contributed by atoms with Gasteiger partial charge < -0.3 is 5.32 Å². The van der Waals surface area contributed by atoms with Crippen LogP contribution in [-0.4, -0.2) is 4.66 Å². The molecular weight excluding hydrogens is 495 g/mol. The summed E-state index contributed by atoms with van der Waals surface area (Å²) in [5.41, 5.74) is 1.18. The van der Waals surface area contributed by atoms with E-state index < -0.39 is 17.5 Å². The maximum Gasteiger partial charge on any atom is 0.201 e. The van der Waals surface area contributed by atoms with Crippen LogP contribution < -0.4 is 35.2 Å². The van der Waals surface area contributed by atoms with Crippen LogP contribution in [0.2, 0.25) is 0 Å². The Hall–Kier alpha value is -3.53. The van der Waals surface area contributed by atoms with E-state index in [9.17, 15) is 5.26 Å². The molecule has 0 fully saturated rings. The zero-order valence-corrected chi connectivity index (χ0v) is 20.9. The molecule has 4 aromatic rings. The fraction of sp³-hybridized carbons (Fsp3) is 0.0357. The summed E-state index contributed by atoms with van der Waals surface area (Å²) in [5, 5.41) is 18.1. The van der Waals surface area contributed by atoms with E-state index >= 15 is 0 Å². The van der Waals surface area contributed by atoms with Crippen LogP contribution in [0.4, 0.5) is 0 Å². The Morgan fingerprint density at radius 3 is 1.39 bits per heavy atom. The Balaban J connectivity index is 0.000000658. The van der Waals surface area contributed by atoms with Gasteiger partial charge in [0.1, 0.15) is 22.0 Å². The summed E-state index contributed by atoms with van der Waals surface area (Å²) in [6.07, 6.45) is 1.92. The molecule has 0 unspecified atom stereocenters. The van der Waals surface area contributed by atoms with Crippen LogP contribution in [0.15, 0.2) is 133 Å². The number of hydrogen-bond acceptors (Lipinski definition) is 6. The van der Waals surface area contributed by atoms with Crippen LogP contribution in [0.1, 0.15) is 5.56 Å². The highest BCUT2D eigenvalue weighted by molar-refractivity contribution is 7.99. The fourth-order valence-electron chi connectivity index (χ4n) is 3.88. The van der Waals surface area contributed by atoms with Gasteiger partial charge in [0.2, 0.25) is 5.31 Å². The average Bonchev–Trinajstić information content (AvgIpc) is 2.90. The summed E-state index contributed by atoms with van der Waals surface area (Å²) >= 11 is 0. The molecule has 0 atom stereocenters. The standard InChI is InChI=1S/C28H24N2P.ClHO4/c29-21-28(23-30-22-24-13-5-1-6-14-24)31(25-15-7-2-8-16-25,26-17-9-3-10-18-26)27-19-11-4-12-20-27;2-1(3,4)5/h1-20,23,30H,22H2;(H,2,3,4,5)/q+1;. The Kier molecular flexibility index (Phi) is 9.75. The topological polar surface area (TPSA) is 125 Å². The van der Waals surface area contributed by atoms with Crippen LogP contribution in [0, 0.1) is 21.6 Å². The summed E-state index contributed by atoms with van der Waals surface area (Å²) in [6, 6.07) is 44.1. The van der Waals surface area contributed by atoms with Crippen molar-refractivity contribution in [3.63, 3.8) is 0 Å². The van der Waals surface area contributed by atoms with E-state index in [-0.39, 0.29) is 0 Å². The zero-order chi connectivity index (χ0) is 25.9. The van der Waals surface area contributed by atoms with Crippen molar-refractivity contribution in [1.29, 1.82) is 5.26 Å². The minimum absolute atomic E-state index is 0.671. The molecule has 0 aliphatic heterocycles. The van der Waals surface area contributed by atoms with Gasteiger partial charge in [-0.15, -0.1) is 0 Å². The first kappa shape index (κ1) is 27.1. The molecule has 0 spiro atoms. The van der Waals surface area contributed by atoms with Crippen LogP contribution in [0.5, 0.6) is 0 Å². The van der Waals surface area contributed by atoms with Gasteiger partial charge >= 0.3 is 0 Å². The van der Waals surface area contributed by atoms with Gasteiger partial charge in [-0.1, -0.05) is 84.9 Å². The highest BCUT2D eigenvalue weighted by atomic mass is 35.7. The van der Waals surface area contributed by atoms with E-state index in [0.717, 1.165) is 5.31 Å². The molecule has 182 valence electrons. The molecule has 0 amide bonds. The van der Waals surface area contributed by atoms with Crippen molar-refractivity contribution in [2.24, 2.45) is 0 Å². The molecule has 4 rings (SSSR count). The Bertz CT molecular complexity index is 1170. The highest BCUT2D eigenvalue weighted by Gasteiger charge is 2.50. The third kappa shape index (κ3) is 7.24. The first-order valence-electron chi connectivity index (χ1n) is 10.9. The van der Waals surface area contributed by atoms with Crippen LogP contribution in [0.3, 0.4) is 0 Å². The number of nitrogens with zero attached hydrogens (tertiary/aromatic N) is 1. The number of halogens is 1. The first-order valence-corrected chi connectivity index (χ1v) is 14.0. The number of rotatable bonds is 7. The second-order valence-corrected chi connectivity index (χ2v) is 11.7. The molecule has 0 aliphatic carbocycles. The van der Waals surface area contributed by atoms with E-state index in [1.54, 1.807) is 0 Å². The highest BCUT2D eigenvalue weighted by Crippen LogP contribution is 2.61. The van der Waals surface area contributed by atoms with Crippen molar-refractivity contribution in [2.75, 3.05) is 0 Å². The van der Waals surface area contributed by atoms with Crippen molar-refractivity contribution in [3.05, 3.63) is 138 Å². The van der Waals surface area contributed by atoms with E-state index in [0.29, 0.717) is 6.54 Å². The van der Waals surface area contributed by atoms with E-state index in [4.69, 9.17) is 18.6 Å². The Morgan fingerprint density at radius 1 is 0.722 bits per heavy atom. The average molecular weight is 520 g/mol. The third-order valence-corrected chi connectivity index (χ3v) is 9.46. The molecular formula is C28H25ClN2O4P+. The van der Waals surface area contributed by atoms with Gasteiger partial charge in [0.25, 0.3) is 0 Å². The third-order valence-electron chi connectivity index (χ3n) is 5.29. The molecule has 0 saturated heterocycles. The van der Waals surface area contributed by atoms with Crippen molar-refractivity contribution in [3.8, 4) is 6.07 Å². The van der Waals surface area contributed by atoms with E-state index in [2.05, 4.69) is 96.3 Å². The molecule has 0 radical (unpaired) electrons. The lowest BCUT2D eigenvalue weighted by Gasteiger charge is -2.26. The van der Waals surface area contributed by atoms with Crippen LogP contribution >= 0.6 is 7.26 Å². The summed E-state index contributed by atoms with van der Waals surface area (Å²) in [4.78, 5) is 0. The maximum absolute atomic E-state index is 10.4. The molecule has 0 saturated carbocycles. The summed E-state index contributed by atoms with van der Waals surface area (Å²) in [7, 11) is -7.04. The lowest BCUT2D eigenvalue weighted by Crippen LogP contribution is -2.58.